The van der Waals surface area contributed by atoms with Crippen molar-refractivity contribution in [3.8, 4) is 0 Å². The van der Waals surface area contributed by atoms with Gasteiger partial charge in [0.15, 0.2) is 0 Å². The third-order valence-electron chi connectivity index (χ3n) is 2.01. The average Bonchev–Trinajstić information content (AvgIpc) is 2.32. The van der Waals surface area contributed by atoms with Crippen molar-refractivity contribution in [2.24, 2.45) is 7.05 Å². The van der Waals surface area contributed by atoms with Crippen molar-refractivity contribution in [3.63, 3.8) is 0 Å². The molecule has 0 saturated carbocycles. The Labute approximate surface area is 70.0 Å². The second-order valence-electron chi connectivity index (χ2n) is 2.85. The molecule has 0 aliphatic rings. The molecule has 0 spiro atoms. The predicted octanol–water partition coefficient (Wildman–Crippen LogP) is 0.859. The molecule has 0 aromatic carbocycles. The van der Waals surface area contributed by atoms with Gasteiger partial charge in [0.05, 0.1) is 17.2 Å². The maximum absolute atomic E-state index is 5.65. The highest BCUT2D eigenvalue weighted by Crippen LogP contribution is 2.17. The van der Waals surface area contributed by atoms with Gasteiger partial charge in [0.25, 0.3) is 0 Å². The molecule has 62 valence electrons. The van der Waals surface area contributed by atoms with Crippen molar-refractivity contribution in [2.75, 3.05) is 5.73 Å². The fourth-order valence-corrected chi connectivity index (χ4v) is 1.25. The van der Waals surface area contributed by atoms with Gasteiger partial charge in [-0.25, -0.2) is 4.98 Å². The summed E-state index contributed by atoms with van der Waals surface area (Å²) < 4.78 is 1.83. The quantitative estimate of drug-likeness (QED) is 0.625. The van der Waals surface area contributed by atoms with E-state index in [2.05, 4.69) is 9.97 Å². The van der Waals surface area contributed by atoms with Crippen molar-refractivity contribution in [2.45, 2.75) is 6.92 Å². The van der Waals surface area contributed by atoms with Crippen LogP contribution in [0.15, 0.2) is 12.4 Å². The summed E-state index contributed by atoms with van der Waals surface area (Å²) in [5.74, 6) is 0.529. The highest BCUT2D eigenvalue weighted by Gasteiger charge is 2.05. The number of anilines is 1. The molecular weight excluding hydrogens is 152 g/mol. The van der Waals surface area contributed by atoms with E-state index in [0.29, 0.717) is 5.95 Å². The van der Waals surface area contributed by atoms with Crippen LogP contribution in [0.1, 0.15) is 5.56 Å². The minimum atomic E-state index is 0.529. The summed E-state index contributed by atoms with van der Waals surface area (Å²) in [5.41, 5.74) is 8.62. The van der Waals surface area contributed by atoms with E-state index in [0.717, 1.165) is 16.6 Å². The summed E-state index contributed by atoms with van der Waals surface area (Å²) in [6.45, 7) is 1.97. The first kappa shape index (κ1) is 7.09. The van der Waals surface area contributed by atoms with Gasteiger partial charge in [-0.1, -0.05) is 0 Å². The third-order valence-corrected chi connectivity index (χ3v) is 2.01. The third kappa shape index (κ3) is 0.777. The Kier molecular flexibility index (Phi) is 1.30. The van der Waals surface area contributed by atoms with Gasteiger partial charge in [-0.3, -0.25) is 4.98 Å². The minimum absolute atomic E-state index is 0.529. The number of pyridine rings is 1. The molecular formula is C8H10N4. The van der Waals surface area contributed by atoms with Crippen molar-refractivity contribution < 1.29 is 0 Å². The number of hydrogen-bond acceptors (Lipinski definition) is 3. The topological polar surface area (TPSA) is 56.7 Å². The summed E-state index contributed by atoms with van der Waals surface area (Å²) in [6.07, 6.45) is 3.56. The molecule has 2 aromatic rings. The first-order valence-electron chi connectivity index (χ1n) is 3.72. The monoisotopic (exact) mass is 162 g/mol. The first-order chi connectivity index (χ1) is 5.70. The molecule has 0 fully saturated rings. The van der Waals surface area contributed by atoms with Gasteiger partial charge < -0.3 is 10.3 Å². The zero-order chi connectivity index (χ0) is 8.72. The van der Waals surface area contributed by atoms with Gasteiger partial charge in [-0.05, 0) is 12.5 Å². The van der Waals surface area contributed by atoms with E-state index >= 15 is 0 Å². The van der Waals surface area contributed by atoms with Gasteiger partial charge in [-0.2, -0.15) is 0 Å². The van der Waals surface area contributed by atoms with Crippen molar-refractivity contribution in [1.29, 1.82) is 0 Å². The molecule has 0 aliphatic carbocycles. The standard InChI is InChI=1S/C8H10N4/c1-5-3-10-4-6-7(5)11-8(9)12(6)2/h3-4H,1-2H3,(H2,9,11). The number of hydrogen-bond donors (Lipinski definition) is 1. The lowest BCUT2D eigenvalue weighted by molar-refractivity contribution is 0.962. The average molecular weight is 162 g/mol. The smallest absolute Gasteiger partial charge is 0.200 e. The summed E-state index contributed by atoms with van der Waals surface area (Å²) in [5, 5.41) is 0. The first-order valence-corrected chi connectivity index (χ1v) is 3.72. The lowest BCUT2D eigenvalue weighted by Gasteiger charge is -1.95. The lowest BCUT2D eigenvalue weighted by atomic mass is 10.3. The number of nitrogens with two attached hydrogens (primary N) is 1. The van der Waals surface area contributed by atoms with Crippen LogP contribution < -0.4 is 5.73 Å². The summed E-state index contributed by atoms with van der Waals surface area (Å²) >= 11 is 0. The van der Waals surface area contributed by atoms with Gasteiger partial charge in [0.2, 0.25) is 5.95 Å². The van der Waals surface area contributed by atoms with Crippen LogP contribution in [0.4, 0.5) is 5.95 Å². The molecule has 0 aliphatic heterocycles. The van der Waals surface area contributed by atoms with Crippen LogP contribution in [0, 0.1) is 6.92 Å². The van der Waals surface area contributed by atoms with Crippen molar-refractivity contribution in [3.05, 3.63) is 18.0 Å². The second kappa shape index (κ2) is 2.20. The zero-order valence-corrected chi connectivity index (χ0v) is 7.07. The Morgan fingerprint density at radius 1 is 1.42 bits per heavy atom. The van der Waals surface area contributed by atoms with E-state index in [1.807, 2.05) is 18.5 Å². The Balaban J connectivity index is 2.95. The van der Waals surface area contributed by atoms with Crippen LogP contribution >= 0.6 is 0 Å². The van der Waals surface area contributed by atoms with E-state index in [1.165, 1.54) is 0 Å². The largest absolute Gasteiger partial charge is 0.369 e. The number of fused-ring (bicyclic) bond motifs is 1. The fourth-order valence-electron chi connectivity index (χ4n) is 1.25. The summed E-state index contributed by atoms with van der Waals surface area (Å²) in [6, 6.07) is 0. The molecule has 12 heavy (non-hydrogen) atoms. The van der Waals surface area contributed by atoms with Crippen LogP contribution in [0.25, 0.3) is 11.0 Å². The summed E-state index contributed by atoms with van der Waals surface area (Å²) in [7, 11) is 1.88. The van der Waals surface area contributed by atoms with Crippen molar-refractivity contribution in [1.82, 2.24) is 14.5 Å². The molecule has 0 radical (unpaired) electrons. The molecule has 2 rings (SSSR count). The molecule has 0 saturated heterocycles. The molecule has 4 nitrogen and oxygen atoms in total. The molecule has 0 amide bonds. The van der Waals surface area contributed by atoms with Crippen LogP contribution in [0.5, 0.6) is 0 Å². The molecule has 2 N–H and O–H groups in total. The van der Waals surface area contributed by atoms with Crippen LogP contribution in [-0.2, 0) is 7.05 Å². The van der Waals surface area contributed by atoms with E-state index in [4.69, 9.17) is 5.73 Å². The highest BCUT2D eigenvalue weighted by molar-refractivity contribution is 5.80. The Morgan fingerprint density at radius 3 is 2.83 bits per heavy atom. The van der Waals surface area contributed by atoms with Gasteiger partial charge in [0.1, 0.15) is 0 Å². The highest BCUT2D eigenvalue weighted by atomic mass is 15.1. The molecule has 4 heteroatoms. The van der Waals surface area contributed by atoms with Crippen molar-refractivity contribution >= 4 is 17.0 Å². The minimum Gasteiger partial charge on any atom is -0.369 e. The molecule has 2 aromatic heterocycles. The molecule has 2 heterocycles. The van der Waals surface area contributed by atoms with Crippen LogP contribution in [0.3, 0.4) is 0 Å². The van der Waals surface area contributed by atoms with Gasteiger partial charge in [-0.15, -0.1) is 0 Å². The Morgan fingerprint density at radius 2 is 2.17 bits per heavy atom. The zero-order valence-electron chi connectivity index (χ0n) is 7.07. The number of nitrogens with zero attached hydrogens (tertiary/aromatic N) is 3. The number of rotatable bonds is 0. The maximum atomic E-state index is 5.65. The van der Waals surface area contributed by atoms with Crippen LogP contribution in [-0.4, -0.2) is 14.5 Å². The van der Waals surface area contributed by atoms with Crippen LogP contribution in [0.2, 0.25) is 0 Å². The molecule has 0 unspecified atom stereocenters. The van der Waals surface area contributed by atoms with E-state index in [9.17, 15) is 0 Å². The Hall–Kier alpha value is -1.58. The fraction of sp³-hybridized carbons (Fsp3) is 0.250. The van der Waals surface area contributed by atoms with E-state index < -0.39 is 0 Å². The number of aryl methyl sites for hydroxylation is 2. The number of aromatic nitrogens is 3. The summed E-state index contributed by atoms with van der Waals surface area (Å²) in [4.78, 5) is 8.28. The molecule has 0 atom stereocenters. The second-order valence-corrected chi connectivity index (χ2v) is 2.85. The number of imidazole rings is 1. The Bertz CT molecular complexity index is 430. The molecule has 0 bridgehead atoms. The predicted molar refractivity (Wildman–Crippen MR) is 47.7 cm³/mol. The number of nitrogen functional groups attached to an aromatic ring is 1. The normalized spacial score (nSPS) is 10.8. The van der Waals surface area contributed by atoms with E-state index in [-0.39, 0.29) is 0 Å². The SMILES string of the molecule is Cc1cncc2c1nc(N)n2C. The maximum Gasteiger partial charge on any atom is 0.200 e. The van der Waals surface area contributed by atoms with Gasteiger partial charge in [0, 0.05) is 13.2 Å². The van der Waals surface area contributed by atoms with Gasteiger partial charge >= 0.3 is 0 Å². The van der Waals surface area contributed by atoms with E-state index in [1.54, 1.807) is 12.4 Å². The lowest BCUT2D eigenvalue weighted by Crippen LogP contribution is -1.96.